The summed E-state index contributed by atoms with van der Waals surface area (Å²) < 4.78 is 14.0. The lowest BCUT2D eigenvalue weighted by atomic mass is 10.1. The molecule has 2 aromatic rings. The third-order valence-corrected chi connectivity index (χ3v) is 3.43. The van der Waals surface area contributed by atoms with E-state index < -0.39 is 11.8 Å². The summed E-state index contributed by atoms with van der Waals surface area (Å²) >= 11 is 5.38. The molecular weight excluding hydrogens is 223 g/mol. The zero-order valence-electron chi connectivity index (χ0n) is 6.82. The minimum atomic E-state index is -1.29. The molecule has 2 nitrogen and oxygen atoms in total. The van der Waals surface area contributed by atoms with Crippen LogP contribution in [0.1, 0.15) is 10.4 Å². The van der Waals surface area contributed by atoms with Crippen LogP contribution in [-0.4, -0.2) is 11.1 Å². The van der Waals surface area contributed by atoms with Crippen LogP contribution < -0.4 is 0 Å². The van der Waals surface area contributed by atoms with E-state index in [4.69, 9.17) is 5.11 Å². The number of carboxylic acid groups (broad SMARTS) is 1. The van der Waals surface area contributed by atoms with Gasteiger partial charge in [-0.2, -0.15) is 0 Å². The van der Waals surface area contributed by atoms with Crippen LogP contribution >= 0.6 is 24.0 Å². The summed E-state index contributed by atoms with van der Waals surface area (Å²) in [6, 6.07) is 2.95. The monoisotopic (exact) mass is 228 g/mol. The fraction of sp³-hybridized carbons (Fsp3) is 0. The van der Waals surface area contributed by atoms with Gasteiger partial charge in [0, 0.05) is 9.60 Å². The van der Waals surface area contributed by atoms with Crippen LogP contribution in [0.4, 0.5) is 4.39 Å². The molecule has 0 amide bonds. The third kappa shape index (κ3) is 1.29. The molecule has 2 rings (SSSR count). The smallest absolute Gasteiger partial charge is 0.339 e. The van der Waals surface area contributed by atoms with Gasteiger partial charge >= 0.3 is 5.97 Å². The van der Waals surface area contributed by atoms with Crippen LogP contribution in [0.5, 0.6) is 0 Å². The second-order valence-corrected chi connectivity index (χ2v) is 4.09. The van der Waals surface area contributed by atoms with E-state index >= 15 is 0 Å². The fourth-order valence-corrected chi connectivity index (χ4v) is 2.58. The molecule has 0 aliphatic carbocycles. The fourth-order valence-electron chi connectivity index (χ4n) is 1.26. The molecule has 0 radical (unpaired) electrons. The van der Waals surface area contributed by atoms with Crippen molar-refractivity contribution >= 4 is 40.0 Å². The van der Waals surface area contributed by atoms with Crippen molar-refractivity contribution in [1.29, 1.82) is 0 Å². The quantitative estimate of drug-likeness (QED) is 0.736. The molecule has 1 N–H and O–H groups in total. The van der Waals surface area contributed by atoms with Crippen LogP contribution in [0.2, 0.25) is 0 Å². The summed E-state index contributed by atoms with van der Waals surface area (Å²) in [6.07, 6.45) is 0. The van der Waals surface area contributed by atoms with Crippen LogP contribution in [-0.2, 0) is 0 Å². The van der Waals surface area contributed by atoms with Gasteiger partial charge in [-0.3, -0.25) is 0 Å². The molecule has 5 heteroatoms. The SMILES string of the molecule is O=C(O)c1c(F)cc2ccsc2c1S. The molecule has 0 saturated heterocycles. The number of carbonyl (C=O) groups is 1. The number of thiol groups is 1. The van der Waals surface area contributed by atoms with Crippen molar-refractivity contribution < 1.29 is 14.3 Å². The molecule has 0 saturated carbocycles. The zero-order chi connectivity index (χ0) is 10.3. The second-order valence-electron chi connectivity index (χ2n) is 2.73. The van der Waals surface area contributed by atoms with E-state index in [9.17, 15) is 9.18 Å². The molecule has 0 aliphatic heterocycles. The van der Waals surface area contributed by atoms with E-state index in [1.807, 2.05) is 0 Å². The molecule has 1 aromatic carbocycles. The molecule has 0 bridgehead atoms. The molecule has 0 fully saturated rings. The second kappa shape index (κ2) is 3.25. The zero-order valence-corrected chi connectivity index (χ0v) is 8.53. The number of halogens is 1. The molecule has 14 heavy (non-hydrogen) atoms. The Kier molecular flexibility index (Phi) is 2.20. The lowest BCUT2D eigenvalue weighted by Gasteiger charge is -2.02. The standard InChI is InChI=1S/C9H5FO2S2/c10-5-3-4-1-2-14-8(4)7(13)6(5)9(11)12/h1-3,13H,(H,11,12). The summed E-state index contributed by atoms with van der Waals surface area (Å²) in [5.74, 6) is -2.03. The van der Waals surface area contributed by atoms with Crippen molar-refractivity contribution in [2.75, 3.05) is 0 Å². The van der Waals surface area contributed by atoms with Gasteiger partial charge in [-0.1, -0.05) is 0 Å². The van der Waals surface area contributed by atoms with Crippen molar-refractivity contribution in [1.82, 2.24) is 0 Å². The van der Waals surface area contributed by atoms with Crippen LogP contribution in [0.3, 0.4) is 0 Å². The normalized spacial score (nSPS) is 10.7. The van der Waals surface area contributed by atoms with Crippen molar-refractivity contribution in [3.63, 3.8) is 0 Å². The van der Waals surface area contributed by atoms with E-state index in [0.29, 0.717) is 10.1 Å². The Hall–Kier alpha value is -1.07. The number of rotatable bonds is 1. The average Bonchev–Trinajstić information content (AvgIpc) is 2.50. The van der Waals surface area contributed by atoms with Crippen LogP contribution in [0.25, 0.3) is 10.1 Å². The minimum Gasteiger partial charge on any atom is -0.478 e. The van der Waals surface area contributed by atoms with Gasteiger partial charge in [0.1, 0.15) is 11.4 Å². The van der Waals surface area contributed by atoms with Crippen LogP contribution in [0.15, 0.2) is 22.4 Å². The highest BCUT2D eigenvalue weighted by Gasteiger charge is 2.17. The summed E-state index contributed by atoms with van der Waals surface area (Å²) in [5, 5.41) is 11.2. The Balaban J connectivity index is 2.89. The third-order valence-electron chi connectivity index (χ3n) is 1.88. The van der Waals surface area contributed by atoms with Crippen LogP contribution in [0, 0.1) is 5.82 Å². The van der Waals surface area contributed by atoms with Gasteiger partial charge in [0.15, 0.2) is 0 Å². The molecule has 0 unspecified atom stereocenters. The molecule has 72 valence electrons. The molecule has 0 spiro atoms. The predicted molar refractivity (Wildman–Crippen MR) is 56.0 cm³/mol. The van der Waals surface area contributed by atoms with Gasteiger partial charge in [0.2, 0.25) is 0 Å². The van der Waals surface area contributed by atoms with Crippen molar-refractivity contribution in [3.8, 4) is 0 Å². The highest BCUT2D eigenvalue weighted by molar-refractivity contribution is 7.80. The first-order valence-electron chi connectivity index (χ1n) is 3.73. The van der Waals surface area contributed by atoms with Crippen molar-refractivity contribution in [3.05, 3.63) is 28.9 Å². The average molecular weight is 228 g/mol. The minimum absolute atomic E-state index is 0.197. The number of aromatic carboxylic acids is 1. The van der Waals surface area contributed by atoms with Gasteiger partial charge in [0.25, 0.3) is 0 Å². The topological polar surface area (TPSA) is 37.3 Å². The maximum Gasteiger partial charge on any atom is 0.339 e. The van der Waals surface area contributed by atoms with Gasteiger partial charge < -0.3 is 5.11 Å². The van der Waals surface area contributed by atoms with Gasteiger partial charge in [-0.05, 0) is 22.9 Å². The van der Waals surface area contributed by atoms with E-state index in [0.717, 1.165) is 0 Å². The Morgan fingerprint density at radius 2 is 2.29 bits per heavy atom. The lowest BCUT2D eigenvalue weighted by Crippen LogP contribution is -2.01. The Morgan fingerprint density at radius 1 is 1.57 bits per heavy atom. The lowest BCUT2D eigenvalue weighted by molar-refractivity contribution is 0.0688. The molecular formula is C9H5FO2S2. The number of carboxylic acids is 1. The highest BCUT2D eigenvalue weighted by atomic mass is 32.1. The Labute approximate surface area is 88.4 Å². The maximum atomic E-state index is 13.3. The molecule has 1 heterocycles. The predicted octanol–water partition coefficient (Wildman–Crippen LogP) is 3.03. The first-order chi connectivity index (χ1) is 6.61. The summed E-state index contributed by atoms with van der Waals surface area (Å²) in [5.41, 5.74) is -0.358. The first kappa shape index (κ1) is 9.48. The number of fused-ring (bicyclic) bond motifs is 1. The summed E-state index contributed by atoms with van der Waals surface area (Å²) in [7, 11) is 0. The van der Waals surface area contributed by atoms with E-state index in [1.165, 1.54) is 17.4 Å². The van der Waals surface area contributed by atoms with E-state index in [1.54, 1.807) is 11.4 Å². The highest BCUT2D eigenvalue weighted by Crippen LogP contribution is 2.32. The summed E-state index contributed by atoms with van der Waals surface area (Å²) in [6.45, 7) is 0. The maximum absolute atomic E-state index is 13.3. The van der Waals surface area contributed by atoms with Gasteiger partial charge in [-0.25, -0.2) is 9.18 Å². The number of hydrogen-bond donors (Lipinski definition) is 2. The Bertz CT molecular complexity index is 519. The first-order valence-corrected chi connectivity index (χ1v) is 5.06. The van der Waals surface area contributed by atoms with E-state index in [-0.39, 0.29) is 10.5 Å². The van der Waals surface area contributed by atoms with Gasteiger partial charge in [0.05, 0.1) is 0 Å². The largest absolute Gasteiger partial charge is 0.478 e. The molecule has 0 atom stereocenters. The molecule has 0 aliphatic rings. The summed E-state index contributed by atoms with van der Waals surface area (Å²) in [4.78, 5) is 10.9. The Morgan fingerprint density at radius 3 is 2.93 bits per heavy atom. The van der Waals surface area contributed by atoms with Crippen molar-refractivity contribution in [2.24, 2.45) is 0 Å². The number of benzene rings is 1. The van der Waals surface area contributed by atoms with Gasteiger partial charge in [-0.15, -0.1) is 24.0 Å². The van der Waals surface area contributed by atoms with E-state index in [2.05, 4.69) is 12.6 Å². The van der Waals surface area contributed by atoms with Crippen molar-refractivity contribution in [2.45, 2.75) is 4.90 Å². The molecule has 1 aromatic heterocycles. The number of thiophene rings is 1. The number of hydrogen-bond acceptors (Lipinski definition) is 3.